The highest BCUT2D eigenvalue weighted by Crippen LogP contribution is 2.38. The van der Waals surface area contributed by atoms with E-state index in [0.717, 1.165) is 40.5 Å². The van der Waals surface area contributed by atoms with Gasteiger partial charge in [0.2, 0.25) is 4.96 Å². The summed E-state index contributed by atoms with van der Waals surface area (Å²) in [7, 11) is 1.57. The fourth-order valence-corrected chi connectivity index (χ4v) is 4.88. The first kappa shape index (κ1) is 24.9. The van der Waals surface area contributed by atoms with Gasteiger partial charge in [0, 0.05) is 19.1 Å². The van der Waals surface area contributed by atoms with E-state index in [1.807, 2.05) is 60.7 Å². The van der Waals surface area contributed by atoms with Crippen LogP contribution in [-0.4, -0.2) is 21.7 Å². The minimum absolute atomic E-state index is 0.295. The van der Waals surface area contributed by atoms with E-state index in [1.165, 1.54) is 4.52 Å². The van der Waals surface area contributed by atoms with Crippen LogP contribution in [0.1, 0.15) is 23.1 Å². The Morgan fingerprint density at radius 1 is 0.923 bits per heavy atom. The molecule has 0 saturated carbocycles. The summed E-state index contributed by atoms with van der Waals surface area (Å²) in [6, 6.07) is 23.1. The lowest BCUT2D eigenvalue weighted by atomic mass is 10.2. The molecule has 0 amide bonds. The molecule has 6 aromatic rings. The third-order valence-corrected chi connectivity index (χ3v) is 7.12. The normalized spacial score (nSPS) is 11.8. The number of rotatable bonds is 9. The molecule has 0 aliphatic rings. The Balaban J connectivity index is 1.23. The second-order valence-corrected chi connectivity index (χ2v) is 9.96. The van der Waals surface area contributed by atoms with Gasteiger partial charge in [0.25, 0.3) is 5.92 Å². The van der Waals surface area contributed by atoms with Crippen molar-refractivity contribution in [1.82, 2.24) is 14.6 Å². The van der Waals surface area contributed by atoms with Crippen LogP contribution in [-0.2, 0) is 19.1 Å². The number of aromatic nitrogens is 3. The lowest BCUT2D eigenvalue weighted by Crippen LogP contribution is -2.06. The van der Waals surface area contributed by atoms with Crippen LogP contribution in [0.3, 0.4) is 0 Å². The molecule has 10 heteroatoms. The molecule has 0 unspecified atom stereocenters. The van der Waals surface area contributed by atoms with Gasteiger partial charge in [0.15, 0.2) is 10.8 Å². The number of hydrogen-bond donors (Lipinski definition) is 0. The summed E-state index contributed by atoms with van der Waals surface area (Å²) >= 11 is 0.839. The topological polar surface area (TPSA) is 71.0 Å². The monoisotopic (exact) mass is 547 g/mol. The second kappa shape index (κ2) is 10.0. The highest BCUT2D eigenvalue weighted by atomic mass is 32.1. The molecule has 0 aliphatic heterocycles. The van der Waals surface area contributed by atoms with Gasteiger partial charge in [0.1, 0.15) is 41.7 Å². The van der Waals surface area contributed by atoms with Crippen molar-refractivity contribution < 1.29 is 27.4 Å². The molecule has 39 heavy (non-hydrogen) atoms. The second-order valence-electron chi connectivity index (χ2n) is 9.01. The van der Waals surface area contributed by atoms with Crippen molar-refractivity contribution in [1.29, 1.82) is 0 Å². The Bertz CT molecular complexity index is 1720. The largest absolute Gasteiger partial charge is 0.496 e. The van der Waals surface area contributed by atoms with Crippen molar-refractivity contribution in [2.75, 3.05) is 7.11 Å². The highest BCUT2D eigenvalue weighted by Gasteiger charge is 2.30. The van der Waals surface area contributed by atoms with Crippen molar-refractivity contribution in [2.45, 2.75) is 26.1 Å². The number of furan rings is 1. The van der Waals surface area contributed by atoms with Gasteiger partial charge in [-0.15, -0.1) is 0 Å². The minimum Gasteiger partial charge on any atom is -0.496 e. The Labute approximate surface area is 226 Å². The quantitative estimate of drug-likeness (QED) is 0.187. The fourth-order valence-electron chi connectivity index (χ4n) is 4.07. The summed E-state index contributed by atoms with van der Waals surface area (Å²) in [5.74, 6) is -0.676. The number of fused-ring (bicyclic) bond motifs is 2. The molecule has 3 aromatic carbocycles. The van der Waals surface area contributed by atoms with Gasteiger partial charge in [-0.2, -0.15) is 13.9 Å². The predicted octanol–water partition coefficient (Wildman–Crippen LogP) is 7.48. The smallest absolute Gasteiger partial charge is 0.298 e. The van der Waals surface area contributed by atoms with Crippen LogP contribution in [0.25, 0.3) is 27.4 Å². The maximum Gasteiger partial charge on any atom is 0.298 e. The first-order valence-corrected chi connectivity index (χ1v) is 12.9. The number of alkyl halides is 2. The van der Waals surface area contributed by atoms with Crippen LogP contribution in [0.4, 0.5) is 8.78 Å². The Kier molecular flexibility index (Phi) is 6.40. The van der Waals surface area contributed by atoms with Crippen LogP contribution >= 0.6 is 11.3 Å². The van der Waals surface area contributed by atoms with Crippen LogP contribution < -0.4 is 14.2 Å². The molecule has 0 N–H and O–H groups in total. The van der Waals surface area contributed by atoms with Crippen molar-refractivity contribution in [2.24, 2.45) is 0 Å². The molecule has 0 bridgehead atoms. The van der Waals surface area contributed by atoms with E-state index >= 15 is 0 Å². The zero-order valence-electron chi connectivity index (χ0n) is 21.1. The molecule has 0 spiro atoms. The van der Waals surface area contributed by atoms with Gasteiger partial charge in [-0.3, -0.25) is 0 Å². The molecular formula is C29H23F2N3O4S. The first-order chi connectivity index (χ1) is 18.9. The van der Waals surface area contributed by atoms with Crippen molar-refractivity contribution in [3.63, 3.8) is 0 Å². The SMILES string of the molecule is COc1cc(OCc2cccc(OCc3ccccc3)c2)c2cc(-c3cn4nc(C(C)(F)F)sc4n3)oc2c1. The molecule has 0 aliphatic carbocycles. The third-order valence-electron chi connectivity index (χ3n) is 6.02. The first-order valence-electron chi connectivity index (χ1n) is 12.1. The molecule has 0 saturated heterocycles. The lowest BCUT2D eigenvalue weighted by Gasteiger charge is -2.11. The van der Waals surface area contributed by atoms with Crippen molar-refractivity contribution >= 4 is 27.3 Å². The number of ether oxygens (including phenoxy) is 3. The molecule has 3 aromatic heterocycles. The Morgan fingerprint density at radius 3 is 2.49 bits per heavy atom. The molecule has 0 fully saturated rings. The van der Waals surface area contributed by atoms with Gasteiger partial charge in [-0.1, -0.05) is 53.8 Å². The zero-order chi connectivity index (χ0) is 27.0. The molecule has 198 valence electrons. The third kappa shape index (κ3) is 5.28. The standard InChI is InChI=1S/C29H23F2N3O4S/c1-29(30,31)27-33-34-15-23(32-28(34)39-27)26-14-22-24(12-21(35-2)13-25(22)38-26)37-17-19-9-6-10-20(11-19)36-16-18-7-4-3-5-8-18/h3-15H,16-17H2,1-2H3. The summed E-state index contributed by atoms with van der Waals surface area (Å²) in [6.45, 7) is 1.58. The summed E-state index contributed by atoms with van der Waals surface area (Å²) in [5.41, 5.74) is 3.04. The van der Waals surface area contributed by atoms with Gasteiger partial charge < -0.3 is 18.6 Å². The molecule has 6 rings (SSSR count). The number of hydrogen-bond acceptors (Lipinski definition) is 7. The van der Waals surface area contributed by atoms with Gasteiger partial charge in [-0.05, 0) is 29.3 Å². The maximum absolute atomic E-state index is 13.6. The fraction of sp³-hybridized carbons (Fsp3) is 0.172. The van der Waals surface area contributed by atoms with E-state index in [2.05, 4.69) is 10.1 Å². The predicted molar refractivity (Wildman–Crippen MR) is 144 cm³/mol. The molecule has 0 atom stereocenters. The number of imidazole rings is 1. The van der Waals surface area contributed by atoms with Crippen LogP contribution in [0.2, 0.25) is 0 Å². The zero-order valence-corrected chi connectivity index (χ0v) is 21.9. The van der Waals surface area contributed by atoms with Crippen LogP contribution in [0.15, 0.2) is 83.4 Å². The van der Waals surface area contributed by atoms with E-state index in [4.69, 9.17) is 18.6 Å². The van der Waals surface area contributed by atoms with Gasteiger partial charge >= 0.3 is 0 Å². The van der Waals surface area contributed by atoms with Gasteiger partial charge in [0.05, 0.1) is 18.7 Å². The number of nitrogens with zero attached hydrogens (tertiary/aromatic N) is 3. The number of halogens is 2. The Hall–Kier alpha value is -4.44. The summed E-state index contributed by atoms with van der Waals surface area (Å²) in [4.78, 5) is 4.79. The van der Waals surface area contributed by atoms with Crippen LogP contribution in [0, 0.1) is 0 Å². The molecule has 3 heterocycles. The lowest BCUT2D eigenvalue weighted by molar-refractivity contribution is 0.0163. The minimum atomic E-state index is -3.03. The van der Waals surface area contributed by atoms with E-state index in [0.29, 0.717) is 46.7 Å². The Morgan fingerprint density at radius 2 is 1.72 bits per heavy atom. The number of methoxy groups -OCH3 is 1. The summed E-state index contributed by atoms with van der Waals surface area (Å²) in [6.07, 6.45) is 1.57. The molecular weight excluding hydrogens is 524 g/mol. The maximum atomic E-state index is 13.6. The van der Waals surface area contributed by atoms with E-state index < -0.39 is 5.92 Å². The summed E-state index contributed by atoms with van der Waals surface area (Å²) < 4.78 is 52.2. The average Bonchev–Trinajstić information content (AvgIpc) is 3.64. The molecule has 0 radical (unpaired) electrons. The molecule has 7 nitrogen and oxygen atoms in total. The number of benzene rings is 3. The average molecular weight is 548 g/mol. The highest BCUT2D eigenvalue weighted by molar-refractivity contribution is 7.16. The van der Waals surface area contributed by atoms with Gasteiger partial charge in [-0.25, -0.2) is 9.50 Å². The van der Waals surface area contributed by atoms with E-state index in [9.17, 15) is 8.78 Å². The van der Waals surface area contributed by atoms with E-state index in [1.54, 1.807) is 25.4 Å². The van der Waals surface area contributed by atoms with Crippen molar-refractivity contribution in [3.8, 4) is 28.7 Å². The summed E-state index contributed by atoms with van der Waals surface area (Å²) in [5, 5.41) is 4.39. The van der Waals surface area contributed by atoms with E-state index in [-0.39, 0.29) is 5.01 Å². The van der Waals surface area contributed by atoms with Crippen molar-refractivity contribution in [3.05, 3.63) is 95.1 Å². The van der Waals surface area contributed by atoms with Crippen LogP contribution in [0.5, 0.6) is 17.2 Å².